The number of aliphatic hydroxyl groups excluding tert-OH is 1. The number of aliphatic hydroxyl groups is 1. The third kappa shape index (κ3) is 8.26. The average Bonchev–Trinajstić information content (AvgIpc) is 3.06. The van der Waals surface area contributed by atoms with Crippen LogP contribution in [-0.2, 0) is 50.1 Å². The Morgan fingerprint density at radius 3 is 1.43 bits per heavy atom. The van der Waals surface area contributed by atoms with E-state index in [0.717, 1.165) is 28.0 Å². The quantitative estimate of drug-likeness (QED) is 0.209. The lowest BCUT2D eigenvalue weighted by molar-refractivity contribution is -0.329. The molecule has 1 N–H and O–H groups in total. The largest absolute Gasteiger partial charge is 0.497 e. The van der Waals surface area contributed by atoms with Crippen LogP contribution in [-0.4, -0.2) is 49.5 Å². The summed E-state index contributed by atoms with van der Waals surface area (Å²) in [5.41, 5.74) is 3.99. The maximum absolute atomic E-state index is 10.4. The number of rotatable bonds is 14. The van der Waals surface area contributed by atoms with E-state index in [0.29, 0.717) is 19.8 Å². The van der Waals surface area contributed by atoms with Gasteiger partial charge in [-0.15, -0.1) is 0 Å². The molecule has 4 aromatic carbocycles. The van der Waals surface area contributed by atoms with Crippen molar-refractivity contribution in [1.82, 2.24) is 0 Å². The summed E-state index contributed by atoms with van der Waals surface area (Å²) in [5, 5.41) is 10.4. The van der Waals surface area contributed by atoms with Crippen LogP contribution in [0.2, 0.25) is 0 Å². The zero-order valence-corrected chi connectivity index (χ0v) is 23.8. The standard InChI is InChI=1S/C35H38O7/c1-37-30-19-17-29(18-20-30)25-41-35-34(40-24-28-15-9-4-10-16-28)33(39-23-27-13-7-3-8-14-27)32(31(21-36)42-35)38-22-26-11-5-2-6-12-26/h2-20,31-36H,21-25H2,1H3/t31-,32-,33+,34-,35-/m1/s1. The minimum atomic E-state index is -0.815. The van der Waals surface area contributed by atoms with E-state index in [1.165, 1.54) is 0 Å². The van der Waals surface area contributed by atoms with E-state index < -0.39 is 30.7 Å². The van der Waals surface area contributed by atoms with Crippen LogP contribution in [0.1, 0.15) is 22.3 Å². The summed E-state index contributed by atoms with van der Waals surface area (Å²) in [4.78, 5) is 0. The third-order valence-electron chi connectivity index (χ3n) is 7.20. The van der Waals surface area contributed by atoms with E-state index in [-0.39, 0.29) is 13.2 Å². The molecule has 1 saturated heterocycles. The lowest BCUT2D eigenvalue weighted by atomic mass is 9.97. The number of hydrogen-bond acceptors (Lipinski definition) is 7. The Morgan fingerprint density at radius 1 is 0.524 bits per heavy atom. The summed E-state index contributed by atoms with van der Waals surface area (Å²) in [7, 11) is 1.64. The zero-order chi connectivity index (χ0) is 29.0. The van der Waals surface area contributed by atoms with Gasteiger partial charge in [0.25, 0.3) is 0 Å². The van der Waals surface area contributed by atoms with Gasteiger partial charge in [-0.05, 0) is 34.4 Å². The maximum Gasteiger partial charge on any atom is 0.187 e. The molecule has 7 nitrogen and oxygen atoms in total. The summed E-state index contributed by atoms with van der Waals surface area (Å²) < 4.78 is 37.5. The molecule has 220 valence electrons. The molecule has 1 aliphatic rings. The van der Waals surface area contributed by atoms with Crippen molar-refractivity contribution >= 4 is 0 Å². The molecule has 0 unspecified atom stereocenters. The molecule has 0 aromatic heterocycles. The first-order valence-corrected chi connectivity index (χ1v) is 14.2. The molecular formula is C35H38O7. The van der Waals surface area contributed by atoms with Gasteiger partial charge in [-0.1, -0.05) is 103 Å². The monoisotopic (exact) mass is 570 g/mol. The molecule has 1 aliphatic heterocycles. The molecule has 7 heteroatoms. The van der Waals surface area contributed by atoms with E-state index >= 15 is 0 Å². The molecule has 1 heterocycles. The van der Waals surface area contributed by atoms with Gasteiger partial charge in [0.1, 0.15) is 30.2 Å². The molecule has 0 spiro atoms. The number of methoxy groups -OCH3 is 1. The number of benzene rings is 4. The molecule has 0 amide bonds. The van der Waals surface area contributed by atoms with Crippen molar-refractivity contribution in [2.75, 3.05) is 13.7 Å². The highest BCUT2D eigenvalue weighted by atomic mass is 16.7. The van der Waals surface area contributed by atoms with Gasteiger partial charge in [0, 0.05) is 0 Å². The lowest BCUT2D eigenvalue weighted by Gasteiger charge is -2.45. The molecule has 0 radical (unpaired) electrons. The zero-order valence-electron chi connectivity index (χ0n) is 23.8. The second-order valence-corrected chi connectivity index (χ2v) is 10.2. The SMILES string of the molecule is COc1ccc(CO[C@@H]2O[C@H](CO)[C@@H](OCc3ccccc3)[C@H](OCc3ccccc3)[C@H]2OCc2ccccc2)cc1. The minimum Gasteiger partial charge on any atom is -0.497 e. The van der Waals surface area contributed by atoms with E-state index in [9.17, 15) is 5.11 Å². The third-order valence-corrected chi connectivity index (χ3v) is 7.20. The minimum absolute atomic E-state index is 0.265. The van der Waals surface area contributed by atoms with Crippen LogP contribution in [0.3, 0.4) is 0 Å². The van der Waals surface area contributed by atoms with Crippen molar-refractivity contribution in [2.45, 2.75) is 57.1 Å². The lowest BCUT2D eigenvalue weighted by Crippen LogP contribution is -2.61. The first-order chi connectivity index (χ1) is 20.7. The predicted molar refractivity (Wildman–Crippen MR) is 159 cm³/mol. The Kier molecular flexibility index (Phi) is 11.1. The van der Waals surface area contributed by atoms with Crippen LogP contribution >= 0.6 is 0 Å². The average molecular weight is 571 g/mol. The van der Waals surface area contributed by atoms with E-state index in [1.807, 2.05) is 115 Å². The van der Waals surface area contributed by atoms with Crippen molar-refractivity contribution in [1.29, 1.82) is 0 Å². The Labute approximate surface area is 247 Å². The molecular weight excluding hydrogens is 532 g/mol. The second-order valence-electron chi connectivity index (χ2n) is 10.2. The molecule has 0 aliphatic carbocycles. The van der Waals surface area contributed by atoms with Crippen LogP contribution in [0.15, 0.2) is 115 Å². The van der Waals surface area contributed by atoms with Gasteiger partial charge < -0.3 is 33.5 Å². The van der Waals surface area contributed by atoms with Gasteiger partial charge >= 0.3 is 0 Å². The van der Waals surface area contributed by atoms with E-state index in [1.54, 1.807) is 7.11 Å². The van der Waals surface area contributed by atoms with Gasteiger partial charge in [0.05, 0.1) is 40.1 Å². The van der Waals surface area contributed by atoms with Crippen LogP contribution in [0.25, 0.3) is 0 Å². The summed E-state index contributed by atoms with van der Waals surface area (Å²) in [6.45, 7) is 1.01. The van der Waals surface area contributed by atoms with E-state index in [2.05, 4.69) is 0 Å². The maximum atomic E-state index is 10.4. The first-order valence-electron chi connectivity index (χ1n) is 14.2. The molecule has 4 aromatic rings. The fourth-order valence-electron chi connectivity index (χ4n) is 4.93. The van der Waals surface area contributed by atoms with Crippen LogP contribution in [0.5, 0.6) is 5.75 Å². The van der Waals surface area contributed by atoms with Crippen LogP contribution in [0.4, 0.5) is 0 Å². The normalized spacial score (nSPS) is 22.1. The summed E-state index contributed by atoms with van der Waals surface area (Å²) in [6, 6.07) is 37.5. The van der Waals surface area contributed by atoms with Gasteiger partial charge in [0.15, 0.2) is 6.29 Å². The molecule has 5 rings (SSSR count). The highest BCUT2D eigenvalue weighted by molar-refractivity contribution is 5.26. The molecule has 0 saturated carbocycles. The van der Waals surface area contributed by atoms with Crippen molar-refractivity contribution in [3.05, 3.63) is 138 Å². The van der Waals surface area contributed by atoms with Gasteiger partial charge in [-0.2, -0.15) is 0 Å². The number of ether oxygens (including phenoxy) is 6. The van der Waals surface area contributed by atoms with Crippen molar-refractivity contribution in [3.63, 3.8) is 0 Å². The molecule has 5 atom stereocenters. The van der Waals surface area contributed by atoms with Gasteiger partial charge in [0.2, 0.25) is 0 Å². The number of hydrogen-bond donors (Lipinski definition) is 1. The topological polar surface area (TPSA) is 75.6 Å². The predicted octanol–water partition coefficient (Wildman–Crippen LogP) is 5.69. The second kappa shape index (κ2) is 15.6. The molecule has 42 heavy (non-hydrogen) atoms. The molecule has 1 fully saturated rings. The highest BCUT2D eigenvalue weighted by Crippen LogP contribution is 2.31. The Hall–Kier alpha value is -3.56. The Balaban J connectivity index is 1.40. The highest BCUT2D eigenvalue weighted by Gasteiger charge is 2.48. The van der Waals surface area contributed by atoms with Crippen LogP contribution in [0, 0.1) is 0 Å². The molecule has 0 bridgehead atoms. The van der Waals surface area contributed by atoms with Gasteiger partial charge in [-0.3, -0.25) is 0 Å². The Morgan fingerprint density at radius 2 is 0.952 bits per heavy atom. The fourth-order valence-corrected chi connectivity index (χ4v) is 4.93. The summed E-state index contributed by atoms with van der Waals surface area (Å²) in [5.74, 6) is 0.768. The van der Waals surface area contributed by atoms with Crippen LogP contribution < -0.4 is 4.74 Å². The van der Waals surface area contributed by atoms with Gasteiger partial charge in [-0.25, -0.2) is 0 Å². The Bertz CT molecular complexity index is 1300. The van der Waals surface area contributed by atoms with Crippen molar-refractivity contribution in [2.24, 2.45) is 0 Å². The van der Waals surface area contributed by atoms with Crippen molar-refractivity contribution < 1.29 is 33.5 Å². The fraction of sp³-hybridized carbons (Fsp3) is 0.314. The smallest absolute Gasteiger partial charge is 0.187 e. The van der Waals surface area contributed by atoms with Crippen molar-refractivity contribution in [3.8, 4) is 5.75 Å². The summed E-state index contributed by atoms with van der Waals surface area (Å²) in [6.07, 6.45) is -3.35. The summed E-state index contributed by atoms with van der Waals surface area (Å²) >= 11 is 0. The first kappa shape index (κ1) is 29.9. The van der Waals surface area contributed by atoms with E-state index in [4.69, 9.17) is 28.4 Å².